The van der Waals surface area contributed by atoms with Crippen molar-refractivity contribution in [3.63, 3.8) is 0 Å². The lowest BCUT2D eigenvalue weighted by Gasteiger charge is -2.21. The number of hydrogen-bond donors (Lipinski definition) is 2. The van der Waals surface area contributed by atoms with E-state index in [-0.39, 0.29) is 11.6 Å². The maximum Gasteiger partial charge on any atom is 0.244 e. The van der Waals surface area contributed by atoms with Gasteiger partial charge in [-0.15, -0.1) is 0 Å². The van der Waals surface area contributed by atoms with Crippen LogP contribution in [-0.2, 0) is 14.8 Å². The molecule has 130 valence electrons. The molecule has 1 rings (SSSR count). The minimum absolute atomic E-state index is 0.369. The van der Waals surface area contributed by atoms with Crippen LogP contribution in [0.15, 0.2) is 17.0 Å². The first-order chi connectivity index (χ1) is 10.4. The largest absolute Gasteiger partial charge is 0.323 e. The quantitative estimate of drug-likeness (QED) is 0.859. The van der Waals surface area contributed by atoms with Crippen LogP contribution in [-0.4, -0.2) is 19.9 Å². The molecule has 0 saturated carbocycles. The van der Waals surface area contributed by atoms with Crippen molar-refractivity contribution in [1.82, 2.24) is 4.72 Å². The van der Waals surface area contributed by atoms with Crippen molar-refractivity contribution < 1.29 is 22.0 Å². The van der Waals surface area contributed by atoms with E-state index in [0.29, 0.717) is 12.5 Å². The van der Waals surface area contributed by atoms with E-state index in [2.05, 4.69) is 10.0 Å². The average molecular weight is 348 g/mol. The van der Waals surface area contributed by atoms with E-state index in [9.17, 15) is 22.0 Å². The van der Waals surface area contributed by atoms with Crippen LogP contribution in [0, 0.1) is 17.6 Å². The molecule has 0 heterocycles. The molecule has 1 amide bonds. The second-order valence-corrected chi connectivity index (χ2v) is 8.07. The zero-order valence-corrected chi connectivity index (χ0v) is 14.6. The van der Waals surface area contributed by atoms with Crippen molar-refractivity contribution in [2.45, 2.75) is 51.5 Å². The van der Waals surface area contributed by atoms with Gasteiger partial charge in [-0.1, -0.05) is 13.8 Å². The van der Waals surface area contributed by atoms with Crippen molar-refractivity contribution in [2.75, 3.05) is 5.32 Å². The molecular weight excluding hydrogens is 326 g/mol. The number of sulfonamides is 1. The maximum absolute atomic E-state index is 13.9. The lowest BCUT2D eigenvalue weighted by molar-refractivity contribution is -0.119. The van der Waals surface area contributed by atoms with Crippen molar-refractivity contribution >= 4 is 21.6 Å². The Morgan fingerprint density at radius 2 is 1.78 bits per heavy atom. The third-order valence-electron chi connectivity index (χ3n) is 3.07. The molecule has 1 aromatic rings. The van der Waals surface area contributed by atoms with Crippen LogP contribution >= 0.6 is 0 Å². The first-order valence-electron chi connectivity index (χ1n) is 7.21. The van der Waals surface area contributed by atoms with Gasteiger partial charge >= 0.3 is 0 Å². The third-order valence-corrected chi connectivity index (χ3v) is 4.84. The predicted molar refractivity (Wildman–Crippen MR) is 84.5 cm³/mol. The van der Waals surface area contributed by atoms with E-state index in [1.165, 1.54) is 0 Å². The number of benzene rings is 1. The van der Waals surface area contributed by atoms with Gasteiger partial charge in [-0.05, 0) is 33.3 Å². The molecule has 1 aromatic carbocycles. The molecule has 0 aliphatic heterocycles. The second kappa shape index (κ2) is 6.92. The van der Waals surface area contributed by atoms with Crippen LogP contribution in [0.1, 0.15) is 41.0 Å². The summed E-state index contributed by atoms with van der Waals surface area (Å²) in [6.45, 7) is 8.22. The lowest BCUT2D eigenvalue weighted by atomic mass is 10.1. The molecule has 0 aliphatic rings. The summed E-state index contributed by atoms with van der Waals surface area (Å²) < 4.78 is 54.4. The van der Waals surface area contributed by atoms with E-state index < -0.39 is 38.0 Å². The smallest absolute Gasteiger partial charge is 0.244 e. The Hall–Kier alpha value is -1.54. The Kier molecular flexibility index (Phi) is 5.87. The van der Waals surface area contributed by atoms with Crippen molar-refractivity contribution in [2.24, 2.45) is 5.92 Å². The number of carbonyl (C=O) groups excluding carboxylic acids is 1. The monoisotopic (exact) mass is 348 g/mol. The highest BCUT2D eigenvalue weighted by atomic mass is 32.2. The van der Waals surface area contributed by atoms with Crippen LogP contribution < -0.4 is 10.0 Å². The number of carbonyl (C=O) groups is 1. The normalized spacial score (nSPS) is 13.7. The average Bonchev–Trinajstić information content (AvgIpc) is 2.37. The molecule has 5 nitrogen and oxygen atoms in total. The van der Waals surface area contributed by atoms with Gasteiger partial charge in [0.2, 0.25) is 15.9 Å². The van der Waals surface area contributed by atoms with Crippen LogP contribution in [0.2, 0.25) is 0 Å². The summed E-state index contributed by atoms with van der Waals surface area (Å²) in [6.07, 6.45) is 0.533. The Balaban J connectivity index is 3.27. The predicted octanol–water partition coefficient (Wildman–Crippen LogP) is 3.03. The highest BCUT2D eigenvalue weighted by molar-refractivity contribution is 7.89. The van der Waals surface area contributed by atoms with Gasteiger partial charge in [-0.2, -0.15) is 0 Å². The van der Waals surface area contributed by atoms with Crippen LogP contribution in [0.25, 0.3) is 0 Å². The van der Waals surface area contributed by atoms with Gasteiger partial charge in [0.15, 0.2) is 0 Å². The standard InChI is InChI=1S/C15H22F2N2O3S/c1-6-9(2)14(20)18-12-8-13(11(17)7-10(12)16)23(21,22)19-15(3,4)5/h7-9,19H,6H2,1-5H3,(H,18,20)/t9-/m1/s1. The topological polar surface area (TPSA) is 75.3 Å². The van der Waals surface area contributed by atoms with Crippen LogP contribution in [0.3, 0.4) is 0 Å². The lowest BCUT2D eigenvalue weighted by Crippen LogP contribution is -2.40. The van der Waals surface area contributed by atoms with E-state index in [1.54, 1.807) is 34.6 Å². The Bertz CT molecular complexity index is 697. The van der Waals surface area contributed by atoms with Gasteiger partial charge in [0, 0.05) is 17.5 Å². The molecule has 0 aromatic heterocycles. The first kappa shape index (κ1) is 19.5. The Morgan fingerprint density at radius 1 is 1.22 bits per heavy atom. The zero-order chi connectivity index (χ0) is 18.0. The number of hydrogen-bond acceptors (Lipinski definition) is 3. The summed E-state index contributed by atoms with van der Waals surface area (Å²) in [6, 6.07) is 1.24. The van der Waals surface area contributed by atoms with E-state index in [1.807, 2.05) is 0 Å². The molecule has 2 N–H and O–H groups in total. The third kappa shape index (κ3) is 5.24. The van der Waals surface area contributed by atoms with E-state index in [0.717, 1.165) is 6.07 Å². The molecule has 1 atom stereocenters. The number of anilines is 1. The number of amides is 1. The van der Waals surface area contributed by atoms with Crippen LogP contribution in [0.5, 0.6) is 0 Å². The molecule has 0 bridgehead atoms. The van der Waals surface area contributed by atoms with Gasteiger partial charge in [0.05, 0.1) is 5.69 Å². The summed E-state index contributed by atoms with van der Waals surface area (Å²) in [4.78, 5) is 11.1. The minimum Gasteiger partial charge on any atom is -0.323 e. The van der Waals surface area contributed by atoms with Gasteiger partial charge in [-0.25, -0.2) is 21.9 Å². The van der Waals surface area contributed by atoms with E-state index >= 15 is 0 Å². The van der Waals surface area contributed by atoms with Gasteiger partial charge in [0.25, 0.3) is 0 Å². The molecule has 0 aliphatic carbocycles. The number of nitrogens with one attached hydrogen (secondary N) is 2. The molecular formula is C15H22F2N2O3S. The number of halogens is 2. The fourth-order valence-corrected chi connectivity index (χ4v) is 3.24. The SMILES string of the molecule is CC[C@@H](C)C(=O)Nc1cc(S(=O)(=O)NC(C)(C)C)c(F)cc1F. The fraction of sp³-hybridized carbons (Fsp3) is 0.533. The highest BCUT2D eigenvalue weighted by Gasteiger charge is 2.27. The Labute approximate surface area is 135 Å². The van der Waals surface area contributed by atoms with Crippen LogP contribution in [0.4, 0.5) is 14.5 Å². The second-order valence-electron chi connectivity index (χ2n) is 6.42. The summed E-state index contributed by atoms with van der Waals surface area (Å²) in [7, 11) is -4.19. The molecule has 8 heteroatoms. The molecule has 0 saturated heterocycles. The molecule has 0 spiro atoms. The van der Waals surface area contributed by atoms with E-state index in [4.69, 9.17) is 0 Å². The molecule has 0 unspecified atom stereocenters. The number of rotatable bonds is 5. The molecule has 23 heavy (non-hydrogen) atoms. The van der Waals surface area contributed by atoms with Crippen molar-refractivity contribution in [3.8, 4) is 0 Å². The summed E-state index contributed by atoms with van der Waals surface area (Å²) in [5.74, 6) is -3.10. The Morgan fingerprint density at radius 3 is 2.26 bits per heavy atom. The molecule has 0 fully saturated rings. The van der Waals surface area contributed by atoms with Gasteiger partial charge < -0.3 is 5.32 Å². The highest BCUT2D eigenvalue weighted by Crippen LogP contribution is 2.24. The minimum atomic E-state index is -4.19. The van der Waals surface area contributed by atoms with Crippen molar-refractivity contribution in [1.29, 1.82) is 0 Å². The summed E-state index contributed by atoms with van der Waals surface area (Å²) in [5.41, 5.74) is -1.20. The van der Waals surface area contributed by atoms with Gasteiger partial charge in [-0.3, -0.25) is 4.79 Å². The summed E-state index contributed by atoms with van der Waals surface area (Å²) in [5, 5.41) is 2.29. The first-order valence-corrected chi connectivity index (χ1v) is 8.69. The van der Waals surface area contributed by atoms with Gasteiger partial charge in [0.1, 0.15) is 16.5 Å². The zero-order valence-electron chi connectivity index (χ0n) is 13.8. The molecule has 0 radical (unpaired) electrons. The van der Waals surface area contributed by atoms with Crippen molar-refractivity contribution in [3.05, 3.63) is 23.8 Å². The fourth-order valence-electron chi connectivity index (χ4n) is 1.73. The summed E-state index contributed by atoms with van der Waals surface area (Å²) >= 11 is 0. The maximum atomic E-state index is 13.9.